The van der Waals surface area contributed by atoms with E-state index >= 15 is 0 Å². The third-order valence-electron chi connectivity index (χ3n) is 2.06. The average molecular weight is 224 g/mol. The van der Waals surface area contributed by atoms with Crippen LogP contribution in [0.4, 0.5) is 11.4 Å². The second kappa shape index (κ2) is 3.36. The molecule has 0 spiro atoms. The molecule has 5 nitrogen and oxygen atoms in total. The topological polar surface area (TPSA) is 82.0 Å². The number of fused-ring (bicyclic) bond motifs is 1. The monoisotopic (exact) mass is 223 g/mol. The summed E-state index contributed by atoms with van der Waals surface area (Å²) < 4.78 is 0. The van der Waals surface area contributed by atoms with Crippen LogP contribution in [0.1, 0.15) is 0 Å². The van der Waals surface area contributed by atoms with Crippen LogP contribution >= 0.6 is 11.6 Å². The molecule has 2 N–H and O–H groups in total. The quantitative estimate of drug-likeness (QED) is 0.594. The van der Waals surface area contributed by atoms with Crippen molar-refractivity contribution < 1.29 is 4.92 Å². The smallest absolute Gasteiger partial charge is 0.310 e. The normalized spacial score (nSPS) is 10.5. The van der Waals surface area contributed by atoms with Gasteiger partial charge in [0.15, 0.2) is 0 Å². The van der Waals surface area contributed by atoms with Crippen molar-refractivity contribution in [3.63, 3.8) is 0 Å². The Labute approximate surface area is 89.6 Å². The summed E-state index contributed by atoms with van der Waals surface area (Å²) >= 11 is 5.90. The molecule has 0 radical (unpaired) electrons. The van der Waals surface area contributed by atoms with E-state index in [1.54, 1.807) is 18.2 Å². The van der Waals surface area contributed by atoms with Gasteiger partial charge in [-0.05, 0) is 12.1 Å². The molecule has 1 aromatic heterocycles. The van der Waals surface area contributed by atoms with E-state index in [0.717, 1.165) is 6.20 Å². The second-order valence-electron chi connectivity index (χ2n) is 2.95. The molecule has 0 fully saturated rings. The zero-order valence-electron chi connectivity index (χ0n) is 7.48. The molecule has 1 heterocycles. The van der Waals surface area contributed by atoms with Crippen LogP contribution in [-0.4, -0.2) is 9.91 Å². The average Bonchev–Trinajstić information content (AvgIpc) is 2.17. The highest BCUT2D eigenvalue weighted by Gasteiger charge is 2.16. The van der Waals surface area contributed by atoms with Crippen molar-refractivity contribution in [2.24, 2.45) is 0 Å². The Kier molecular flexibility index (Phi) is 2.17. The highest BCUT2D eigenvalue weighted by molar-refractivity contribution is 6.36. The van der Waals surface area contributed by atoms with Crippen LogP contribution in [0.5, 0.6) is 0 Å². The molecule has 2 aromatic rings. The highest BCUT2D eigenvalue weighted by Crippen LogP contribution is 2.33. The van der Waals surface area contributed by atoms with Crippen molar-refractivity contribution >= 4 is 33.9 Å². The fourth-order valence-corrected chi connectivity index (χ4v) is 1.63. The molecule has 0 atom stereocenters. The van der Waals surface area contributed by atoms with Crippen molar-refractivity contribution in [1.29, 1.82) is 0 Å². The lowest BCUT2D eigenvalue weighted by atomic mass is 10.2. The lowest BCUT2D eigenvalue weighted by Crippen LogP contribution is -1.98. The first-order valence-corrected chi connectivity index (χ1v) is 4.46. The minimum Gasteiger partial charge on any atom is -0.393 e. The standard InChI is InChI=1S/C9H6ClN3O2/c10-5-2-1-3-6-8(5)9(11)7(4-12-6)13(14)15/h1-4H,(H2,11,12). The molecule has 0 unspecified atom stereocenters. The lowest BCUT2D eigenvalue weighted by molar-refractivity contribution is -0.384. The molecule has 6 heteroatoms. The number of hydrogen-bond donors (Lipinski definition) is 1. The third kappa shape index (κ3) is 1.46. The molecule has 0 amide bonds. The Hall–Kier alpha value is -1.88. The van der Waals surface area contributed by atoms with E-state index in [4.69, 9.17) is 17.3 Å². The van der Waals surface area contributed by atoms with Gasteiger partial charge < -0.3 is 5.73 Å². The van der Waals surface area contributed by atoms with Gasteiger partial charge in [0.2, 0.25) is 0 Å². The number of hydrogen-bond acceptors (Lipinski definition) is 4. The van der Waals surface area contributed by atoms with Gasteiger partial charge in [-0.3, -0.25) is 10.1 Å². The first-order valence-electron chi connectivity index (χ1n) is 4.08. The van der Waals surface area contributed by atoms with Gasteiger partial charge in [0.1, 0.15) is 11.9 Å². The number of halogens is 1. The third-order valence-corrected chi connectivity index (χ3v) is 2.37. The number of pyridine rings is 1. The molecule has 1 aromatic carbocycles. The fourth-order valence-electron chi connectivity index (χ4n) is 1.36. The van der Waals surface area contributed by atoms with Crippen molar-refractivity contribution in [1.82, 2.24) is 4.98 Å². The number of nitrogens with two attached hydrogens (primary N) is 1. The number of aromatic nitrogens is 1. The molecule has 76 valence electrons. The van der Waals surface area contributed by atoms with E-state index in [2.05, 4.69) is 4.98 Å². The van der Waals surface area contributed by atoms with Crippen LogP contribution in [0.15, 0.2) is 24.4 Å². The maximum atomic E-state index is 10.6. The van der Waals surface area contributed by atoms with E-state index in [9.17, 15) is 10.1 Å². The van der Waals surface area contributed by atoms with Crippen LogP contribution in [-0.2, 0) is 0 Å². The van der Waals surface area contributed by atoms with E-state index in [1.165, 1.54) is 0 Å². The molecule has 0 saturated carbocycles. The number of nitro groups is 1. The van der Waals surface area contributed by atoms with Gasteiger partial charge >= 0.3 is 5.69 Å². The van der Waals surface area contributed by atoms with Gasteiger partial charge in [-0.2, -0.15) is 0 Å². The molecule has 0 saturated heterocycles. The predicted octanol–water partition coefficient (Wildman–Crippen LogP) is 2.38. The van der Waals surface area contributed by atoms with Crippen LogP contribution in [0.25, 0.3) is 10.9 Å². The van der Waals surface area contributed by atoms with Gasteiger partial charge in [0.25, 0.3) is 0 Å². The Balaban J connectivity index is 2.89. The Morgan fingerprint density at radius 3 is 2.87 bits per heavy atom. The van der Waals surface area contributed by atoms with Gasteiger partial charge in [-0.15, -0.1) is 0 Å². The number of anilines is 1. The first-order chi connectivity index (χ1) is 7.11. The summed E-state index contributed by atoms with van der Waals surface area (Å²) in [4.78, 5) is 14.0. The molecule has 0 aliphatic heterocycles. The molecule has 2 rings (SSSR count). The van der Waals surface area contributed by atoms with Crippen LogP contribution in [0.3, 0.4) is 0 Å². The predicted molar refractivity (Wildman–Crippen MR) is 57.8 cm³/mol. The largest absolute Gasteiger partial charge is 0.393 e. The minimum atomic E-state index is -0.578. The van der Waals surface area contributed by atoms with Crippen LogP contribution in [0.2, 0.25) is 5.02 Å². The summed E-state index contributed by atoms with van der Waals surface area (Å²) in [7, 11) is 0. The molecule has 0 bridgehead atoms. The van der Waals surface area contributed by atoms with Crippen molar-refractivity contribution in [2.45, 2.75) is 0 Å². The van der Waals surface area contributed by atoms with Crippen molar-refractivity contribution in [3.05, 3.63) is 39.5 Å². The molecule has 0 aliphatic rings. The van der Waals surface area contributed by atoms with Crippen molar-refractivity contribution in [2.75, 3.05) is 5.73 Å². The maximum Gasteiger partial charge on any atom is 0.310 e. The number of nitrogen functional groups attached to an aromatic ring is 1. The summed E-state index contributed by atoms with van der Waals surface area (Å²) in [5.74, 6) is 0. The minimum absolute atomic E-state index is 0.0515. The lowest BCUT2D eigenvalue weighted by Gasteiger charge is -2.03. The van der Waals surface area contributed by atoms with Gasteiger partial charge in [0.05, 0.1) is 15.5 Å². The molecular weight excluding hydrogens is 218 g/mol. The van der Waals surface area contributed by atoms with Gasteiger partial charge in [-0.25, -0.2) is 4.98 Å². The van der Waals surface area contributed by atoms with E-state index in [0.29, 0.717) is 15.9 Å². The zero-order chi connectivity index (χ0) is 11.0. The Morgan fingerprint density at radius 1 is 1.47 bits per heavy atom. The summed E-state index contributed by atoms with van der Waals surface area (Å²) in [6.07, 6.45) is 1.13. The maximum absolute atomic E-state index is 10.6. The molecule has 15 heavy (non-hydrogen) atoms. The second-order valence-corrected chi connectivity index (χ2v) is 3.36. The number of rotatable bonds is 1. The van der Waals surface area contributed by atoms with Crippen molar-refractivity contribution in [3.8, 4) is 0 Å². The zero-order valence-corrected chi connectivity index (χ0v) is 8.23. The molecular formula is C9H6ClN3O2. The van der Waals surface area contributed by atoms with E-state index in [-0.39, 0.29) is 11.4 Å². The van der Waals surface area contributed by atoms with E-state index in [1.807, 2.05) is 0 Å². The summed E-state index contributed by atoms with van der Waals surface area (Å²) in [5, 5.41) is 11.4. The Bertz CT molecular complexity index is 556. The number of nitrogens with zero attached hydrogens (tertiary/aromatic N) is 2. The van der Waals surface area contributed by atoms with Crippen LogP contribution < -0.4 is 5.73 Å². The summed E-state index contributed by atoms with van der Waals surface area (Å²) in [6.45, 7) is 0. The summed E-state index contributed by atoms with van der Waals surface area (Å²) in [6, 6.07) is 5.02. The van der Waals surface area contributed by atoms with Crippen LogP contribution in [0, 0.1) is 10.1 Å². The first kappa shape index (κ1) is 9.67. The van der Waals surface area contributed by atoms with Gasteiger partial charge in [-0.1, -0.05) is 17.7 Å². The van der Waals surface area contributed by atoms with E-state index < -0.39 is 4.92 Å². The fraction of sp³-hybridized carbons (Fsp3) is 0. The summed E-state index contributed by atoms with van der Waals surface area (Å²) in [5.41, 5.74) is 6.03. The SMILES string of the molecule is Nc1c([N+](=O)[O-])cnc2cccc(Cl)c12. The van der Waals surface area contributed by atoms with Gasteiger partial charge in [0, 0.05) is 5.39 Å². The highest BCUT2D eigenvalue weighted by atomic mass is 35.5. The number of benzene rings is 1. The molecule has 0 aliphatic carbocycles. The Morgan fingerprint density at radius 2 is 2.20 bits per heavy atom.